The molecule has 0 bridgehead atoms. The van der Waals surface area contributed by atoms with Crippen LogP contribution in [0.3, 0.4) is 0 Å². The van der Waals surface area contributed by atoms with E-state index in [0.717, 1.165) is 6.08 Å². The van der Waals surface area contributed by atoms with E-state index in [1.54, 1.807) is 0 Å². The molecule has 8 heteroatoms. The number of fused-ring (bicyclic) bond motifs is 1. The van der Waals surface area contributed by atoms with Crippen LogP contribution in [0.15, 0.2) is 11.6 Å². The Morgan fingerprint density at radius 1 is 1.42 bits per heavy atom. The van der Waals surface area contributed by atoms with Crippen molar-refractivity contribution in [2.45, 2.75) is 31.3 Å². The Morgan fingerprint density at radius 2 is 2.16 bits per heavy atom. The maximum absolute atomic E-state index is 11.4. The van der Waals surface area contributed by atoms with Crippen LogP contribution in [0.5, 0.6) is 0 Å². The molecule has 0 aromatic heterocycles. The maximum Gasteiger partial charge on any atom is 0.331 e. The second kappa shape index (κ2) is 5.37. The standard InChI is InChI=1S/C11H12O8/c12-7(13)1-2-8(14)18-6-4-17-11(16)5-3-9(15)19-10(5)6/h3,6,10-11,16H,1-2,4H2,(H,12,13). The Bertz CT molecular complexity index is 440. The lowest BCUT2D eigenvalue weighted by molar-refractivity contribution is -0.189. The van der Waals surface area contributed by atoms with E-state index in [1.165, 1.54) is 0 Å². The zero-order valence-corrected chi connectivity index (χ0v) is 9.77. The molecule has 2 aliphatic heterocycles. The summed E-state index contributed by atoms with van der Waals surface area (Å²) in [5, 5.41) is 17.9. The zero-order valence-electron chi connectivity index (χ0n) is 9.77. The fraction of sp³-hybridized carbons (Fsp3) is 0.545. The van der Waals surface area contributed by atoms with E-state index in [4.69, 9.17) is 19.3 Å². The van der Waals surface area contributed by atoms with Gasteiger partial charge in [-0.05, 0) is 0 Å². The van der Waals surface area contributed by atoms with Crippen molar-refractivity contribution in [1.82, 2.24) is 0 Å². The molecule has 3 atom stereocenters. The van der Waals surface area contributed by atoms with Crippen molar-refractivity contribution >= 4 is 17.9 Å². The summed E-state index contributed by atoms with van der Waals surface area (Å²) < 4.78 is 14.8. The Morgan fingerprint density at radius 3 is 2.84 bits per heavy atom. The highest BCUT2D eigenvalue weighted by atomic mass is 16.6. The molecule has 0 aromatic rings. The van der Waals surface area contributed by atoms with E-state index in [0.29, 0.717) is 0 Å². The summed E-state index contributed by atoms with van der Waals surface area (Å²) in [6.07, 6.45) is -2.54. The molecule has 2 N–H and O–H groups in total. The number of aliphatic hydroxyl groups is 1. The van der Waals surface area contributed by atoms with Gasteiger partial charge in [-0.25, -0.2) is 4.79 Å². The van der Waals surface area contributed by atoms with Crippen LogP contribution in [0.4, 0.5) is 0 Å². The number of carbonyl (C=O) groups excluding carboxylic acids is 2. The fourth-order valence-electron chi connectivity index (χ4n) is 1.85. The van der Waals surface area contributed by atoms with Crippen LogP contribution in [-0.4, -0.2) is 53.2 Å². The molecule has 19 heavy (non-hydrogen) atoms. The lowest BCUT2D eigenvalue weighted by Gasteiger charge is -2.31. The highest BCUT2D eigenvalue weighted by Gasteiger charge is 2.43. The lowest BCUT2D eigenvalue weighted by atomic mass is 10.0. The third-order valence-corrected chi connectivity index (χ3v) is 2.72. The van der Waals surface area contributed by atoms with E-state index < -0.39 is 36.4 Å². The molecule has 1 saturated heterocycles. The lowest BCUT2D eigenvalue weighted by Crippen LogP contribution is -2.45. The van der Waals surface area contributed by atoms with Crippen molar-refractivity contribution < 1.29 is 38.8 Å². The number of hydrogen-bond donors (Lipinski definition) is 2. The third kappa shape index (κ3) is 3.09. The van der Waals surface area contributed by atoms with Crippen LogP contribution >= 0.6 is 0 Å². The first-order valence-electron chi connectivity index (χ1n) is 5.60. The number of ether oxygens (including phenoxy) is 3. The highest BCUT2D eigenvalue weighted by Crippen LogP contribution is 2.29. The van der Waals surface area contributed by atoms with Crippen molar-refractivity contribution in [3.05, 3.63) is 11.6 Å². The second-order valence-corrected chi connectivity index (χ2v) is 4.11. The van der Waals surface area contributed by atoms with E-state index in [9.17, 15) is 19.5 Å². The first kappa shape index (κ1) is 13.5. The van der Waals surface area contributed by atoms with Gasteiger partial charge in [0, 0.05) is 11.6 Å². The molecule has 2 heterocycles. The molecule has 3 unspecified atom stereocenters. The summed E-state index contributed by atoms with van der Waals surface area (Å²) in [4.78, 5) is 32.8. The van der Waals surface area contributed by atoms with Gasteiger partial charge in [0.25, 0.3) is 0 Å². The van der Waals surface area contributed by atoms with Gasteiger partial charge in [0.15, 0.2) is 18.5 Å². The monoisotopic (exact) mass is 272 g/mol. The van der Waals surface area contributed by atoms with Crippen molar-refractivity contribution in [2.75, 3.05) is 6.61 Å². The molecular weight excluding hydrogens is 260 g/mol. The summed E-state index contributed by atoms with van der Waals surface area (Å²) in [7, 11) is 0. The third-order valence-electron chi connectivity index (χ3n) is 2.72. The molecule has 104 valence electrons. The van der Waals surface area contributed by atoms with Gasteiger partial charge in [0.1, 0.15) is 0 Å². The zero-order chi connectivity index (χ0) is 14.0. The van der Waals surface area contributed by atoms with Gasteiger partial charge in [0.2, 0.25) is 0 Å². The average Bonchev–Trinajstić information content (AvgIpc) is 2.73. The molecule has 0 aliphatic carbocycles. The molecule has 1 fully saturated rings. The number of esters is 2. The fourth-order valence-corrected chi connectivity index (χ4v) is 1.85. The first-order valence-corrected chi connectivity index (χ1v) is 5.60. The Kier molecular flexibility index (Phi) is 3.82. The minimum atomic E-state index is -1.26. The van der Waals surface area contributed by atoms with Crippen LogP contribution in [0.1, 0.15) is 12.8 Å². The van der Waals surface area contributed by atoms with Gasteiger partial charge in [-0.2, -0.15) is 0 Å². The molecule has 8 nitrogen and oxygen atoms in total. The van der Waals surface area contributed by atoms with Crippen molar-refractivity contribution in [3.63, 3.8) is 0 Å². The summed E-state index contributed by atoms with van der Waals surface area (Å²) >= 11 is 0. The van der Waals surface area contributed by atoms with Crippen molar-refractivity contribution in [3.8, 4) is 0 Å². The first-order chi connectivity index (χ1) is 8.97. The molecule has 0 saturated carbocycles. The van der Waals surface area contributed by atoms with Gasteiger partial charge in [-0.1, -0.05) is 0 Å². The Labute approximate surface area is 107 Å². The second-order valence-electron chi connectivity index (χ2n) is 4.11. The van der Waals surface area contributed by atoms with Gasteiger partial charge in [0.05, 0.1) is 19.4 Å². The summed E-state index contributed by atoms with van der Waals surface area (Å²) in [5.41, 5.74) is 0.201. The van der Waals surface area contributed by atoms with Crippen LogP contribution in [0.2, 0.25) is 0 Å². The van der Waals surface area contributed by atoms with E-state index in [2.05, 4.69) is 0 Å². The van der Waals surface area contributed by atoms with Crippen molar-refractivity contribution in [2.24, 2.45) is 0 Å². The number of carboxylic acid groups (broad SMARTS) is 1. The van der Waals surface area contributed by atoms with Crippen LogP contribution in [-0.2, 0) is 28.6 Å². The molecule has 0 aromatic carbocycles. The molecule has 2 rings (SSSR count). The number of aliphatic hydroxyl groups excluding tert-OH is 1. The normalized spacial score (nSPS) is 29.2. The predicted octanol–water partition coefficient (Wildman–Crippen LogP) is -1.04. The van der Waals surface area contributed by atoms with Gasteiger partial charge in [-0.3, -0.25) is 9.59 Å². The molecular formula is C11H12O8. The molecule has 0 amide bonds. The minimum Gasteiger partial charge on any atom is -0.481 e. The van der Waals surface area contributed by atoms with Crippen molar-refractivity contribution in [1.29, 1.82) is 0 Å². The minimum absolute atomic E-state index is 0.130. The topological polar surface area (TPSA) is 119 Å². The molecule has 0 spiro atoms. The quantitative estimate of drug-likeness (QED) is 0.623. The van der Waals surface area contributed by atoms with Crippen LogP contribution in [0, 0.1) is 0 Å². The highest BCUT2D eigenvalue weighted by molar-refractivity contribution is 5.86. The van der Waals surface area contributed by atoms with Gasteiger partial charge < -0.3 is 24.4 Å². The molecule has 0 radical (unpaired) electrons. The number of rotatable bonds is 4. The van der Waals surface area contributed by atoms with Gasteiger partial charge >= 0.3 is 17.9 Å². The smallest absolute Gasteiger partial charge is 0.331 e. The van der Waals surface area contributed by atoms with E-state index in [1.807, 2.05) is 0 Å². The summed E-state index contributed by atoms with van der Waals surface area (Å²) in [5.74, 6) is -2.48. The number of aliphatic carboxylic acids is 1. The Balaban J connectivity index is 1.94. The number of carbonyl (C=O) groups is 3. The predicted molar refractivity (Wildman–Crippen MR) is 56.7 cm³/mol. The maximum atomic E-state index is 11.4. The SMILES string of the molecule is O=C(O)CCC(=O)OC1COC(O)C2=CC(=O)OC21. The molecule has 2 aliphatic rings. The number of hydrogen-bond acceptors (Lipinski definition) is 7. The average molecular weight is 272 g/mol. The van der Waals surface area contributed by atoms with Crippen LogP contribution < -0.4 is 0 Å². The Hall–Kier alpha value is -1.93. The van der Waals surface area contributed by atoms with Gasteiger partial charge in [-0.15, -0.1) is 0 Å². The summed E-state index contributed by atoms with van der Waals surface area (Å²) in [6, 6.07) is 0. The summed E-state index contributed by atoms with van der Waals surface area (Å²) in [6.45, 7) is -0.130. The van der Waals surface area contributed by atoms with E-state index >= 15 is 0 Å². The van der Waals surface area contributed by atoms with E-state index in [-0.39, 0.29) is 25.0 Å². The number of carboxylic acids is 1. The largest absolute Gasteiger partial charge is 0.481 e. The van der Waals surface area contributed by atoms with Crippen LogP contribution in [0.25, 0.3) is 0 Å².